The maximum absolute atomic E-state index is 13.5. The minimum atomic E-state index is -0.138. The molecule has 0 radical (unpaired) electrons. The molecule has 0 aromatic heterocycles. The van der Waals surface area contributed by atoms with Crippen molar-refractivity contribution < 1.29 is 14.3 Å². The highest BCUT2D eigenvalue weighted by Crippen LogP contribution is 2.33. The smallest absolute Gasteiger partial charge is 0.258 e. The molecule has 5 heteroatoms. The second-order valence-corrected chi connectivity index (χ2v) is 7.23. The lowest BCUT2D eigenvalue weighted by Gasteiger charge is -2.42. The van der Waals surface area contributed by atoms with Crippen LogP contribution in [0, 0.1) is 6.92 Å². The van der Waals surface area contributed by atoms with Crippen molar-refractivity contribution in [2.24, 2.45) is 0 Å². The standard InChI is InChI=1S/C22H28N2O3/c1-16-10-11-18(19(14-16)26-4)22(25)24-12-13-27-20(15-23(2)3)21(24)17-8-6-5-7-9-17/h5-11,14,20-21H,12-13,15H2,1-4H3/t20-,21-/m0/s1. The molecule has 1 aliphatic rings. The van der Waals surface area contributed by atoms with Gasteiger partial charge in [-0.15, -0.1) is 0 Å². The molecular weight excluding hydrogens is 340 g/mol. The average molecular weight is 368 g/mol. The topological polar surface area (TPSA) is 42.0 Å². The molecule has 3 rings (SSSR count). The van der Waals surface area contributed by atoms with Gasteiger partial charge in [0.1, 0.15) is 5.75 Å². The van der Waals surface area contributed by atoms with Gasteiger partial charge in [-0.25, -0.2) is 0 Å². The van der Waals surface area contributed by atoms with Crippen LogP contribution in [0.15, 0.2) is 48.5 Å². The minimum absolute atomic E-state index is 0.0206. The molecule has 5 nitrogen and oxygen atoms in total. The lowest BCUT2D eigenvalue weighted by atomic mass is 9.96. The number of hydrogen-bond acceptors (Lipinski definition) is 4. The van der Waals surface area contributed by atoms with E-state index in [9.17, 15) is 4.79 Å². The highest BCUT2D eigenvalue weighted by atomic mass is 16.5. The predicted octanol–water partition coefficient (Wildman–Crippen LogP) is 3.15. The molecule has 27 heavy (non-hydrogen) atoms. The fourth-order valence-corrected chi connectivity index (χ4v) is 3.65. The molecule has 0 spiro atoms. The monoisotopic (exact) mass is 368 g/mol. The summed E-state index contributed by atoms with van der Waals surface area (Å²) in [4.78, 5) is 17.5. The SMILES string of the molecule is COc1cc(C)ccc1C(=O)N1CCO[C@@H](CN(C)C)[C@@H]1c1ccccc1. The van der Waals surface area contributed by atoms with Gasteiger partial charge in [0.25, 0.3) is 5.91 Å². The Labute approximate surface area is 161 Å². The van der Waals surface area contributed by atoms with Gasteiger partial charge < -0.3 is 19.3 Å². The number of morpholine rings is 1. The zero-order chi connectivity index (χ0) is 19.4. The van der Waals surface area contributed by atoms with Crippen LogP contribution in [0.3, 0.4) is 0 Å². The van der Waals surface area contributed by atoms with Crippen molar-refractivity contribution in [1.82, 2.24) is 9.80 Å². The van der Waals surface area contributed by atoms with Gasteiger partial charge >= 0.3 is 0 Å². The first-order chi connectivity index (χ1) is 13.0. The molecule has 2 atom stereocenters. The van der Waals surface area contributed by atoms with Crippen LogP contribution in [0.2, 0.25) is 0 Å². The molecule has 1 fully saturated rings. The van der Waals surface area contributed by atoms with E-state index in [1.54, 1.807) is 7.11 Å². The Kier molecular flexibility index (Phi) is 6.14. The third kappa shape index (κ3) is 4.31. The molecule has 1 amide bonds. The summed E-state index contributed by atoms with van der Waals surface area (Å²) in [6, 6.07) is 15.7. The Morgan fingerprint density at radius 3 is 2.63 bits per heavy atom. The number of hydrogen-bond donors (Lipinski definition) is 0. The molecule has 1 heterocycles. The summed E-state index contributed by atoms with van der Waals surface area (Å²) >= 11 is 0. The fraction of sp³-hybridized carbons (Fsp3) is 0.409. The van der Waals surface area contributed by atoms with Gasteiger partial charge in [-0.1, -0.05) is 36.4 Å². The normalized spacial score (nSPS) is 20.0. The molecule has 0 saturated carbocycles. The van der Waals surface area contributed by atoms with E-state index >= 15 is 0 Å². The van der Waals surface area contributed by atoms with E-state index in [1.807, 2.05) is 62.3 Å². The van der Waals surface area contributed by atoms with Crippen molar-refractivity contribution in [3.8, 4) is 5.75 Å². The van der Waals surface area contributed by atoms with Crippen LogP contribution in [0.25, 0.3) is 0 Å². The van der Waals surface area contributed by atoms with E-state index in [2.05, 4.69) is 17.0 Å². The van der Waals surface area contributed by atoms with Crippen molar-refractivity contribution in [3.63, 3.8) is 0 Å². The Balaban J connectivity index is 1.99. The van der Waals surface area contributed by atoms with Crippen LogP contribution < -0.4 is 4.74 Å². The van der Waals surface area contributed by atoms with Crippen LogP contribution in [0.4, 0.5) is 0 Å². The van der Waals surface area contributed by atoms with Crippen molar-refractivity contribution in [3.05, 3.63) is 65.2 Å². The first-order valence-corrected chi connectivity index (χ1v) is 9.28. The number of likely N-dealkylation sites (N-methyl/N-ethyl adjacent to an activating group) is 1. The number of rotatable bonds is 5. The summed E-state index contributed by atoms with van der Waals surface area (Å²) in [7, 11) is 5.65. The molecule has 2 aromatic rings. The van der Waals surface area contributed by atoms with E-state index in [4.69, 9.17) is 9.47 Å². The molecule has 0 N–H and O–H groups in total. The van der Waals surface area contributed by atoms with Gasteiger partial charge in [-0.05, 0) is 44.3 Å². The fourth-order valence-electron chi connectivity index (χ4n) is 3.65. The molecule has 144 valence electrons. The number of nitrogens with zero attached hydrogens (tertiary/aromatic N) is 2. The summed E-state index contributed by atoms with van der Waals surface area (Å²) in [6.07, 6.45) is -0.0865. The van der Waals surface area contributed by atoms with Gasteiger partial charge in [-0.2, -0.15) is 0 Å². The lowest BCUT2D eigenvalue weighted by Crippen LogP contribution is -2.51. The molecule has 0 aliphatic carbocycles. The van der Waals surface area contributed by atoms with Gasteiger partial charge in [-0.3, -0.25) is 4.79 Å². The number of ether oxygens (including phenoxy) is 2. The molecule has 2 aromatic carbocycles. The maximum Gasteiger partial charge on any atom is 0.258 e. The highest BCUT2D eigenvalue weighted by Gasteiger charge is 2.37. The minimum Gasteiger partial charge on any atom is -0.496 e. The number of amides is 1. The summed E-state index contributed by atoms with van der Waals surface area (Å²) < 4.78 is 11.6. The second-order valence-electron chi connectivity index (χ2n) is 7.23. The van der Waals surface area contributed by atoms with Crippen LogP contribution >= 0.6 is 0 Å². The Morgan fingerprint density at radius 1 is 1.22 bits per heavy atom. The Hall–Kier alpha value is -2.37. The zero-order valence-electron chi connectivity index (χ0n) is 16.5. The molecule has 0 unspecified atom stereocenters. The molecule has 1 aliphatic heterocycles. The number of carbonyl (C=O) groups excluding carboxylic acids is 1. The third-order valence-corrected chi connectivity index (χ3v) is 4.89. The van der Waals surface area contributed by atoms with Crippen molar-refractivity contribution in [1.29, 1.82) is 0 Å². The van der Waals surface area contributed by atoms with Gasteiger partial charge in [0, 0.05) is 13.1 Å². The second kappa shape index (κ2) is 8.55. The van der Waals surface area contributed by atoms with Crippen molar-refractivity contribution in [2.75, 3.05) is 40.9 Å². The first kappa shape index (κ1) is 19.4. The summed E-state index contributed by atoms with van der Waals surface area (Å²) in [5, 5.41) is 0. The van der Waals surface area contributed by atoms with Crippen LogP contribution in [-0.4, -0.2) is 62.7 Å². The largest absolute Gasteiger partial charge is 0.496 e. The number of methoxy groups -OCH3 is 1. The maximum atomic E-state index is 13.5. The first-order valence-electron chi connectivity index (χ1n) is 9.28. The van der Waals surface area contributed by atoms with Crippen molar-refractivity contribution >= 4 is 5.91 Å². The Bertz CT molecular complexity index is 776. The predicted molar refractivity (Wildman–Crippen MR) is 106 cm³/mol. The quantitative estimate of drug-likeness (QED) is 0.813. The van der Waals surface area contributed by atoms with E-state index in [1.165, 1.54) is 0 Å². The number of benzene rings is 2. The van der Waals surface area contributed by atoms with E-state index in [0.717, 1.165) is 17.7 Å². The van der Waals surface area contributed by atoms with Gasteiger partial charge in [0.15, 0.2) is 0 Å². The molecular formula is C22H28N2O3. The van der Waals surface area contributed by atoms with E-state index in [-0.39, 0.29) is 18.1 Å². The van der Waals surface area contributed by atoms with Gasteiger partial charge in [0.05, 0.1) is 31.4 Å². The summed E-state index contributed by atoms with van der Waals surface area (Å²) in [5.41, 5.74) is 2.74. The number of aryl methyl sites for hydroxylation is 1. The molecule has 1 saturated heterocycles. The van der Waals surface area contributed by atoms with Gasteiger partial charge in [0.2, 0.25) is 0 Å². The van der Waals surface area contributed by atoms with Crippen LogP contribution in [0.1, 0.15) is 27.5 Å². The average Bonchev–Trinajstić information content (AvgIpc) is 2.67. The highest BCUT2D eigenvalue weighted by molar-refractivity contribution is 5.97. The molecule has 0 bridgehead atoms. The zero-order valence-corrected chi connectivity index (χ0v) is 16.5. The Morgan fingerprint density at radius 2 is 1.96 bits per heavy atom. The lowest BCUT2D eigenvalue weighted by molar-refractivity contribution is -0.0685. The summed E-state index contributed by atoms with van der Waals surface area (Å²) in [6.45, 7) is 3.82. The van der Waals surface area contributed by atoms with E-state index < -0.39 is 0 Å². The van der Waals surface area contributed by atoms with Crippen molar-refractivity contribution in [2.45, 2.75) is 19.1 Å². The number of carbonyl (C=O) groups is 1. The summed E-state index contributed by atoms with van der Waals surface area (Å²) in [5.74, 6) is 0.593. The van der Waals surface area contributed by atoms with Crippen LogP contribution in [-0.2, 0) is 4.74 Å². The third-order valence-electron chi connectivity index (χ3n) is 4.89. The van der Waals surface area contributed by atoms with E-state index in [0.29, 0.717) is 24.5 Å². The van der Waals surface area contributed by atoms with Crippen LogP contribution in [0.5, 0.6) is 5.75 Å².